The Morgan fingerprint density at radius 3 is 2.73 bits per heavy atom. The number of carbonyl (C=O) groups is 1. The third-order valence-corrected chi connectivity index (χ3v) is 6.85. The molecule has 1 aliphatic heterocycles. The number of para-hydroxylation sites is 1. The van der Waals surface area contributed by atoms with Gasteiger partial charge in [-0.2, -0.15) is 0 Å². The molecule has 0 radical (unpaired) electrons. The minimum Gasteiger partial charge on any atom is -0.332 e. The molecule has 0 unspecified atom stereocenters. The summed E-state index contributed by atoms with van der Waals surface area (Å²) in [5, 5.41) is 0. The van der Waals surface area contributed by atoms with Gasteiger partial charge in [0, 0.05) is 19.6 Å². The lowest BCUT2D eigenvalue weighted by Gasteiger charge is -2.40. The van der Waals surface area contributed by atoms with Crippen molar-refractivity contribution < 1.29 is 4.79 Å². The molecule has 4 rings (SSSR count). The van der Waals surface area contributed by atoms with Crippen LogP contribution in [0.2, 0.25) is 0 Å². The van der Waals surface area contributed by atoms with Crippen molar-refractivity contribution in [3.8, 4) is 0 Å². The lowest BCUT2D eigenvalue weighted by Crippen LogP contribution is -2.49. The molecule has 1 aliphatic rings. The number of carbonyl (C=O) groups excluding carboxylic acids is 1. The molecular formula is C20H21N3OS2. The third-order valence-electron chi connectivity index (χ3n) is 4.68. The van der Waals surface area contributed by atoms with Gasteiger partial charge in [-0.25, -0.2) is 4.98 Å². The Morgan fingerprint density at radius 2 is 1.92 bits per heavy atom. The monoisotopic (exact) mass is 383 g/mol. The molecule has 0 saturated carbocycles. The van der Waals surface area contributed by atoms with Gasteiger partial charge < -0.3 is 9.80 Å². The summed E-state index contributed by atoms with van der Waals surface area (Å²) in [6.45, 7) is 2.57. The van der Waals surface area contributed by atoms with Gasteiger partial charge in [0.2, 0.25) is 5.91 Å². The number of likely N-dealkylation sites (N-methyl/N-ethyl adjacent to an activating group) is 1. The number of hydrogen-bond acceptors (Lipinski definition) is 5. The molecule has 2 heterocycles. The van der Waals surface area contributed by atoms with Crippen molar-refractivity contribution in [1.29, 1.82) is 0 Å². The Labute approximate surface area is 161 Å². The zero-order valence-corrected chi connectivity index (χ0v) is 16.3. The average Bonchev–Trinajstić information content (AvgIpc) is 3.10. The molecule has 1 aromatic heterocycles. The molecule has 0 aliphatic carbocycles. The fourth-order valence-corrected chi connectivity index (χ4v) is 5.25. The average molecular weight is 384 g/mol. The topological polar surface area (TPSA) is 36.4 Å². The number of aromatic nitrogens is 1. The van der Waals surface area contributed by atoms with Crippen molar-refractivity contribution in [2.45, 2.75) is 10.4 Å². The first-order valence-corrected chi connectivity index (χ1v) is 10.5. The third kappa shape index (κ3) is 3.77. The molecule has 0 N–H and O–H groups in total. The number of piperazine rings is 1. The normalized spacial score (nSPS) is 18.3. The standard InChI is InChI=1S/C20H21N3OS2/c1-22-11-12-23(17(13-22)15-7-3-2-4-8-15)19(24)14-25-20-21-16-9-5-6-10-18(16)26-20/h2-10,17H,11-14H2,1H3/t17-/m1/s1. The summed E-state index contributed by atoms with van der Waals surface area (Å²) in [5.74, 6) is 0.628. The Balaban J connectivity index is 1.46. The number of hydrogen-bond donors (Lipinski definition) is 0. The molecule has 2 aromatic carbocycles. The number of nitrogens with zero attached hydrogens (tertiary/aromatic N) is 3. The number of fused-ring (bicyclic) bond motifs is 1. The number of amides is 1. The van der Waals surface area contributed by atoms with E-state index in [4.69, 9.17) is 0 Å². The first-order valence-electron chi connectivity index (χ1n) is 8.72. The van der Waals surface area contributed by atoms with Crippen molar-refractivity contribution in [3.05, 3.63) is 60.2 Å². The Morgan fingerprint density at radius 1 is 1.15 bits per heavy atom. The molecule has 1 amide bonds. The van der Waals surface area contributed by atoms with Crippen LogP contribution in [0.4, 0.5) is 0 Å². The summed E-state index contributed by atoms with van der Waals surface area (Å²) in [6.07, 6.45) is 0. The molecule has 0 bridgehead atoms. The second-order valence-electron chi connectivity index (χ2n) is 6.51. The van der Waals surface area contributed by atoms with Gasteiger partial charge in [0.15, 0.2) is 4.34 Å². The zero-order chi connectivity index (χ0) is 17.9. The highest BCUT2D eigenvalue weighted by molar-refractivity contribution is 8.01. The Hall–Kier alpha value is -1.89. The van der Waals surface area contributed by atoms with Crippen LogP contribution in [0.5, 0.6) is 0 Å². The molecule has 1 atom stereocenters. The molecule has 0 spiro atoms. The maximum atomic E-state index is 12.9. The first-order chi connectivity index (χ1) is 12.7. The van der Waals surface area contributed by atoms with E-state index in [0.29, 0.717) is 5.75 Å². The van der Waals surface area contributed by atoms with Gasteiger partial charge >= 0.3 is 0 Å². The minimum atomic E-state index is 0.124. The van der Waals surface area contributed by atoms with Crippen molar-refractivity contribution in [2.24, 2.45) is 0 Å². The number of benzene rings is 2. The van der Waals surface area contributed by atoms with Crippen LogP contribution in [0.1, 0.15) is 11.6 Å². The summed E-state index contributed by atoms with van der Waals surface area (Å²) in [7, 11) is 2.12. The van der Waals surface area contributed by atoms with E-state index in [9.17, 15) is 4.79 Å². The molecule has 4 nitrogen and oxygen atoms in total. The van der Waals surface area contributed by atoms with Gasteiger partial charge in [-0.1, -0.05) is 54.2 Å². The van der Waals surface area contributed by atoms with Crippen molar-refractivity contribution in [1.82, 2.24) is 14.8 Å². The zero-order valence-electron chi connectivity index (χ0n) is 14.7. The molecular weight excluding hydrogens is 362 g/mol. The molecule has 6 heteroatoms. The fraction of sp³-hybridized carbons (Fsp3) is 0.300. The van der Waals surface area contributed by atoms with Gasteiger partial charge in [0.25, 0.3) is 0 Å². The summed E-state index contributed by atoms with van der Waals surface area (Å²) in [4.78, 5) is 21.9. The molecule has 26 heavy (non-hydrogen) atoms. The lowest BCUT2D eigenvalue weighted by molar-refractivity contribution is -0.133. The molecule has 3 aromatic rings. The number of rotatable bonds is 4. The number of thioether (sulfide) groups is 1. The SMILES string of the molecule is CN1CCN(C(=O)CSc2nc3ccccc3s2)[C@@H](c2ccccc2)C1. The smallest absolute Gasteiger partial charge is 0.233 e. The summed E-state index contributed by atoms with van der Waals surface area (Å²) >= 11 is 3.20. The van der Waals surface area contributed by atoms with Crippen LogP contribution < -0.4 is 0 Å². The summed E-state index contributed by atoms with van der Waals surface area (Å²) in [5.41, 5.74) is 2.21. The first kappa shape index (κ1) is 17.5. The fourth-order valence-electron chi connectivity index (χ4n) is 3.30. The van der Waals surface area contributed by atoms with E-state index >= 15 is 0 Å². The minimum absolute atomic E-state index is 0.124. The predicted molar refractivity (Wildman–Crippen MR) is 109 cm³/mol. The largest absolute Gasteiger partial charge is 0.332 e. The highest BCUT2D eigenvalue weighted by atomic mass is 32.2. The van der Waals surface area contributed by atoms with Crippen LogP contribution in [-0.2, 0) is 4.79 Å². The van der Waals surface area contributed by atoms with E-state index in [1.54, 1.807) is 23.1 Å². The van der Waals surface area contributed by atoms with Crippen LogP contribution in [0.3, 0.4) is 0 Å². The Kier molecular flexibility index (Phi) is 5.24. The molecule has 1 fully saturated rings. The van der Waals surface area contributed by atoms with E-state index in [2.05, 4.69) is 35.1 Å². The molecule has 1 saturated heterocycles. The number of thiazole rings is 1. The van der Waals surface area contributed by atoms with Crippen LogP contribution >= 0.6 is 23.1 Å². The second-order valence-corrected chi connectivity index (χ2v) is 8.77. The summed E-state index contributed by atoms with van der Waals surface area (Å²) < 4.78 is 2.13. The predicted octanol–water partition coefficient (Wildman–Crippen LogP) is 3.90. The van der Waals surface area contributed by atoms with Crippen molar-refractivity contribution in [3.63, 3.8) is 0 Å². The van der Waals surface area contributed by atoms with Gasteiger partial charge in [-0.05, 0) is 24.7 Å². The van der Waals surface area contributed by atoms with Crippen LogP contribution in [0, 0.1) is 0 Å². The quantitative estimate of drug-likeness (QED) is 0.640. The van der Waals surface area contributed by atoms with E-state index in [1.807, 2.05) is 41.3 Å². The van der Waals surface area contributed by atoms with Gasteiger partial charge in [0.05, 0.1) is 22.0 Å². The van der Waals surface area contributed by atoms with Gasteiger partial charge in [-0.15, -0.1) is 11.3 Å². The van der Waals surface area contributed by atoms with Crippen LogP contribution in [-0.4, -0.2) is 53.1 Å². The second kappa shape index (κ2) is 7.78. The van der Waals surface area contributed by atoms with E-state index < -0.39 is 0 Å². The van der Waals surface area contributed by atoms with E-state index in [-0.39, 0.29) is 11.9 Å². The van der Waals surface area contributed by atoms with Crippen LogP contribution in [0.15, 0.2) is 58.9 Å². The molecule has 134 valence electrons. The highest BCUT2D eigenvalue weighted by Crippen LogP contribution is 2.31. The van der Waals surface area contributed by atoms with Gasteiger partial charge in [-0.3, -0.25) is 4.79 Å². The van der Waals surface area contributed by atoms with Crippen molar-refractivity contribution in [2.75, 3.05) is 32.4 Å². The highest BCUT2D eigenvalue weighted by Gasteiger charge is 2.30. The van der Waals surface area contributed by atoms with Crippen molar-refractivity contribution >= 4 is 39.2 Å². The summed E-state index contributed by atoms with van der Waals surface area (Å²) in [6, 6.07) is 18.6. The maximum Gasteiger partial charge on any atom is 0.233 e. The lowest BCUT2D eigenvalue weighted by atomic mass is 10.0. The maximum absolute atomic E-state index is 12.9. The van der Waals surface area contributed by atoms with E-state index in [1.165, 1.54) is 10.3 Å². The van der Waals surface area contributed by atoms with Gasteiger partial charge in [0.1, 0.15) is 0 Å². The van der Waals surface area contributed by atoms with Crippen LogP contribution in [0.25, 0.3) is 10.2 Å². The van der Waals surface area contributed by atoms with E-state index in [0.717, 1.165) is 29.5 Å². The Bertz CT molecular complexity index is 863.